The van der Waals surface area contributed by atoms with Crippen molar-refractivity contribution in [2.75, 3.05) is 124 Å². The summed E-state index contributed by atoms with van der Waals surface area (Å²) in [6.07, 6.45) is 0. The first-order valence-corrected chi connectivity index (χ1v) is 13.1. The minimum absolute atomic E-state index is 0.0864. The Kier molecular flexibility index (Phi) is 21.5. The lowest BCUT2D eigenvalue weighted by Gasteiger charge is -2.32. The second-order valence-corrected chi connectivity index (χ2v) is 9.92. The van der Waals surface area contributed by atoms with E-state index in [1.54, 1.807) is 0 Å². The molecule has 0 aromatic carbocycles. The molecule has 0 amide bonds. The van der Waals surface area contributed by atoms with Gasteiger partial charge in [-0.2, -0.15) is 0 Å². The molecule has 0 heterocycles. The van der Waals surface area contributed by atoms with Gasteiger partial charge in [-0.25, -0.2) is 0 Å². The van der Waals surface area contributed by atoms with Gasteiger partial charge in [0.05, 0.1) is 0 Å². The van der Waals surface area contributed by atoms with Gasteiger partial charge in [0.15, 0.2) is 0 Å². The van der Waals surface area contributed by atoms with Crippen molar-refractivity contribution >= 4 is 0 Å². The summed E-state index contributed by atoms with van der Waals surface area (Å²) in [5.41, 5.74) is 29.0. The zero-order valence-electron chi connectivity index (χ0n) is 22.6. The molecule has 0 aromatic rings. The van der Waals surface area contributed by atoms with Crippen molar-refractivity contribution in [2.45, 2.75) is 26.3 Å². The molecule has 0 saturated carbocycles. The van der Waals surface area contributed by atoms with Crippen molar-refractivity contribution in [3.05, 3.63) is 0 Å². The SMILES string of the molecule is CC(C)(C)NCN(CCN)CCN(CCNCCN)CCN(CCN)CCN(CCN)CCN. The fourth-order valence-corrected chi connectivity index (χ4v) is 3.67. The predicted molar refractivity (Wildman–Crippen MR) is 147 cm³/mol. The molecule has 206 valence electrons. The number of nitrogens with zero attached hydrogens (tertiary/aromatic N) is 4. The minimum atomic E-state index is 0.0864. The van der Waals surface area contributed by atoms with Crippen LogP contribution in [-0.4, -0.2) is 150 Å². The van der Waals surface area contributed by atoms with Gasteiger partial charge in [-0.15, -0.1) is 0 Å². The van der Waals surface area contributed by atoms with Gasteiger partial charge in [0.25, 0.3) is 0 Å². The highest BCUT2D eigenvalue weighted by molar-refractivity contribution is 4.73. The van der Waals surface area contributed by atoms with Crippen LogP contribution < -0.4 is 39.3 Å². The first kappa shape index (κ1) is 33.6. The summed E-state index contributed by atoms with van der Waals surface area (Å²) in [4.78, 5) is 9.73. The molecule has 34 heavy (non-hydrogen) atoms. The Morgan fingerprint density at radius 3 is 1.26 bits per heavy atom. The maximum absolute atomic E-state index is 5.92. The van der Waals surface area contributed by atoms with Gasteiger partial charge in [0.2, 0.25) is 0 Å². The van der Waals surface area contributed by atoms with E-state index in [0.717, 1.165) is 91.8 Å². The minimum Gasteiger partial charge on any atom is -0.329 e. The Morgan fingerprint density at radius 2 is 0.853 bits per heavy atom. The zero-order chi connectivity index (χ0) is 25.7. The lowest BCUT2D eigenvalue weighted by atomic mass is 10.1. The maximum atomic E-state index is 5.92. The number of hydrogen-bond donors (Lipinski definition) is 7. The second kappa shape index (κ2) is 21.8. The Balaban J connectivity index is 4.85. The van der Waals surface area contributed by atoms with Crippen molar-refractivity contribution in [1.82, 2.24) is 30.2 Å². The van der Waals surface area contributed by atoms with Crippen LogP contribution in [0.5, 0.6) is 0 Å². The highest BCUT2D eigenvalue weighted by Gasteiger charge is 2.15. The summed E-state index contributed by atoms with van der Waals surface area (Å²) < 4.78 is 0. The summed E-state index contributed by atoms with van der Waals surface area (Å²) in [5.74, 6) is 0. The Bertz CT molecular complexity index is 428. The van der Waals surface area contributed by atoms with Gasteiger partial charge >= 0.3 is 0 Å². The third-order valence-electron chi connectivity index (χ3n) is 5.74. The largest absolute Gasteiger partial charge is 0.329 e. The predicted octanol–water partition coefficient (Wildman–Crippen LogP) is -3.08. The molecule has 0 fully saturated rings. The molecule has 0 spiro atoms. The van der Waals surface area contributed by atoms with E-state index in [4.69, 9.17) is 28.7 Å². The molecule has 0 unspecified atom stereocenters. The van der Waals surface area contributed by atoms with Crippen LogP contribution in [0, 0.1) is 0 Å². The topological polar surface area (TPSA) is 167 Å². The summed E-state index contributed by atoms with van der Waals surface area (Å²) in [6.45, 7) is 23.0. The van der Waals surface area contributed by atoms with E-state index in [1.165, 1.54) is 0 Å². The molecule has 0 aliphatic heterocycles. The lowest BCUT2D eigenvalue weighted by Crippen LogP contribution is -2.49. The third kappa shape index (κ3) is 19.8. The summed E-state index contributed by atoms with van der Waals surface area (Å²) in [5, 5.41) is 7.01. The highest BCUT2D eigenvalue weighted by atomic mass is 15.3. The number of rotatable bonds is 24. The third-order valence-corrected chi connectivity index (χ3v) is 5.74. The van der Waals surface area contributed by atoms with E-state index in [-0.39, 0.29) is 5.54 Å². The van der Waals surface area contributed by atoms with Crippen LogP contribution in [0.15, 0.2) is 0 Å². The molecule has 0 rings (SSSR count). The Morgan fingerprint density at radius 1 is 0.471 bits per heavy atom. The number of nitrogens with two attached hydrogens (primary N) is 5. The molecule has 11 heteroatoms. The van der Waals surface area contributed by atoms with Crippen molar-refractivity contribution in [1.29, 1.82) is 0 Å². The molecular weight excluding hydrogens is 430 g/mol. The molecule has 11 nitrogen and oxygen atoms in total. The number of hydrogen-bond acceptors (Lipinski definition) is 11. The molecule has 0 aliphatic rings. The van der Waals surface area contributed by atoms with Crippen molar-refractivity contribution in [2.24, 2.45) is 28.7 Å². The summed E-state index contributed by atoms with van der Waals surface area (Å²) >= 11 is 0. The monoisotopic (exact) mass is 489 g/mol. The molecule has 0 aromatic heterocycles. The van der Waals surface area contributed by atoms with Crippen LogP contribution >= 0.6 is 0 Å². The van der Waals surface area contributed by atoms with E-state index < -0.39 is 0 Å². The van der Waals surface area contributed by atoms with Crippen LogP contribution in [0.2, 0.25) is 0 Å². The van der Waals surface area contributed by atoms with Gasteiger partial charge in [0.1, 0.15) is 0 Å². The van der Waals surface area contributed by atoms with E-state index in [0.29, 0.717) is 32.7 Å². The van der Waals surface area contributed by atoms with Crippen LogP contribution in [0.3, 0.4) is 0 Å². The Labute approximate surface area is 210 Å². The standard InChI is InChI=1S/C23H59N11/c1-23(2,3)30-22-34(14-8-28)21-20-33(15-10-29-9-4-24)19-18-32(13-7-27)17-16-31(11-5-25)12-6-26/h29-30H,4-22,24-28H2,1-3H3. The quantitative estimate of drug-likeness (QED) is 0.0542. The van der Waals surface area contributed by atoms with Crippen molar-refractivity contribution in [3.63, 3.8) is 0 Å². The van der Waals surface area contributed by atoms with Gasteiger partial charge in [-0.1, -0.05) is 0 Å². The van der Waals surface area contributed by atoms with Crippen LogP contribution in [0.1, 0.15) is 20.8 Å². The van der Waals surface area contributed by atoms with Crippen molar-refractivity contribution in [3.8, 4) is 0 Å². The van der Waals surface area contributed by atoms with E-state index >= 15 is 0 Å². The average molecular weight is 490 g/mol. The maximum Gasteiger partial charge on any atom is 0.0485 e. The van der Waals surface area contributed by atoms with E-state index in [2.05, 4.69) is 51.0 Å². The molecule has 0 radical (unpaired) electrons. The van der Waals surface area contributed by atoms with Crippen molar-refractivity contribution < 1.29 is 0 Å². The van der Waals surface area contributed by atoms with E-state index in [9.17, 15) is 0 Å². The van der Waals surface area contributed by atoms with Gasteiger partial charge in [-0.05, 0) is 20.8 Å². The normalized spacial score (nSPS) is 12.7. The Hall–Kier alpha value is -0.440. The molecule has 0 aliphatic carbocycles. The van der Waals surface area contributed by atoms with Crippen LogP contribution in [-0.2, 0) is 0 Å². The number of nitrogens with one attached hydrogen (secondary N) is 2. The lowest BCUT2D eigenvalue weighted by molar-refractivity contribution is 0.157. The zero-order valence-corrected chi connectivity index (χ0v) is 22.6. The fourth-order valence-electron chi connectivity index (χ4n) is 3.67. The van der Waals surface area contributed by atoms with Crippen LogP contribution in [0.25, 0.3) is 0 Å². The first-order valence-electron chi connectivity index (χ1n) is 13.1. The van der Waals surface area contributed by atoms with Crippen LogP contribution in [0.4, 0.5) is 0 Å². The van der Waals surface area contributed by atoms with Gasteiger partial charge < -0.3 is 34.0 Å². The van der Waals surface area contributed by atoms with E-state index in [1.807, 2.05) is 0 Å². The molecular formula is C23H59N11. The average Bonchev–Trinajstić information content (AvgIpc) is 2.78. The summed E-state index contributed by atoms with van der Waals surface area (Å²) in [7, 11) is 0. The summed E-state index contributed by atoms with van der Waals surface area (Å²) in [6, 6.07) is 0. The van der Waals surface area contributed by atoms with Gasteiger partial charge in [-0.3, -0.25) is 24.9 Å². The molecule has 0 atom stereocenters. The molecule has 0 bridgehead atoms. The van der Waals surface area contributed by atoms with Gasteiger partial charge in [0, 0.05) is 130 Å². The molecule has 12 N–H and O–H groups in total. The smallest absolute Gasteiger partial charge is 0.0485 e. The second-order valence-electron chi connectivity index (χ2n) is 9.92. The fraction of sp³-hybridized carbons (Fsp3) is 1.00. The highest BCUT2D eigenvalue weighted by Crippen LogP contribution is 2.00. The molecule has 0 saturated heterocycles. The first-order chi connectivity index (χ1) is 16.3.